The van der Waals surface area contributed by atoms with Crippen LogP contribution in [0.3, 0.4) is 0 Å². The van der Waals surface area contributed by atoms with Crippen LogP contribution in [0.4, 0.5) is 4.79 Å². The van der Waals surface area contributed by atoms with Crippen LogP contribution in [0.1, 0.15) is 20.3 Å². The maximum Gasteiger partial charge on any atom is 0.134 e. The minimum absolute atomic E-state index is 0.0139. The molecule has 0 aromatic rings. The number of carbonyl (C=O) groups excluding carboxylic acids is 1. The third-order valence-electron chi connectivity index (χ3n) is 0.977. The highest BCUT2D eigenvalue weighted by molar-refractivity contribution is 5.62. The summed E-state index contributed by atoms with van der Waals surface area (Å²) in [5.41, 5.74) is 0. The lowest BCUT2D eigenvalue weighted by Gasteiger charge is -2.11. The van der Waals surface area contributed by atoms with Gasteiger partial charge in [0.1, 0.15) is 6.09 Å². The zero-order valence-electron chi connectivity index (χ0n) is 5.10. The number of rotatable bonds is 2. The van der Waals surface area contributed by atoms with Gasteiger partial charge >= 0.3 is 0 Å². The van der Waals surface area contributed by atoms with Gasteiger partial charge in [0.05, 0.1) is 0 Å². The molecule has 1 amide bonds. The Hall–Kier alpha value is -0.730. The van der Waals surface area contributed by atoms with Gasteiger partial charge in [-0.25, -0.2) is 0 Å². The predicted octanol–water partition coefficient (Wildman–Crippen LogP) is -0.282. The Bertz CT molecular complexity index is 82.5. The summed E-state index contributed by atoms with van der Waals surface area (Å²) in [7, 11) is 0. The second kappa shape index (κ2) is 3.29. The molecule has 1 unspecified atom stereocenters. The van der Waals surface area contributed by atoms with E-state index in [4.69, 9.17) is 0 Å². The van der Waals surface area contributed by atoms with E-state index in [-0.39, 0.29) is 6.04 Å². The van der Waals surface area contributed by atoms with Crippen LogP contribution in [0.25, 0.3) is 0 Å². The lowest BCUT2D eigenvalue weighted by Crippen LogP contribution is -2.41. The third-order valence-corrected chi connectivity index (χ3v) is 0.977. The Balaban J connectivity index is 3.24. The number of carbonyl (C=O) groups is 1. The molecule has 0 rings (SSSR count). The molecule has 0 bridgehead atoms. The van der Waals surface area contributed by atoms with Crippen molar-refractivity contribution in [3.05, 3.63) is 0 Å². The van der Waals surface area contributed by atoms with Gasteiger partial charge < -0.3 is 15.2 Å². The summed E-state index contributed by atoms with van der Waals surface area (Å²) in [6, 6.07) is 0.0139. The fourth-order valence-corrected chi connectivity index (χ4v) is 0.303. The zero-order valence-corrected chi connectivity index (χ0v) is 5.10. The number of carboxylic acid groups (broad SMARTS) is 1. The van der Waals surface area contributed by atoms with Crippen LogP contribution in [0.2, 0.25) is 0 Å². The molecular formula is C5H10NO2-. The highest BCUT2D eigenvalue weighted by Crippen LogP contribution is 1.84. The van der Waals surface area contributed by atoms with Crippen molar-refractivity contribution < 1.29 is 9.90 Å². The monoisotopic (exact) mass is 116 g/mol. The van der Waals surface area contributed by atoms with Gasteiger partial charge in [0.2, 0.25) is 0 Å². The van der Waals surface area contributed by atoms with E-state index in [0.717, 1.165) is 6.42 Å². The standard InChI is InChI=1S/C5H11NO2/c1-3-4(2)6-5(7)8/h4,6H,3H2,1-2H3,(H,7,8)/p-1. The number of amides is 1. The van der Waals surface area contributed by atoms with Crippen LogP contribution in [0.15, 0.2) is 0 Å². The van der Waals surface area contributed by atoms with Gasteiger partial charge in [-0.05, 0) is 13.3 Å². The summed E-state index contributed by atoms with van der Waals surface area (Å²) >= 11 is 0. The van der Waals surface area contributed by atoms with E-state index in [1.54, 1.807) is 6.92 Å². The summed E-state index contributed by atoms with van der Waals surface area (Å²) in [6.07, 6.45) is -0.395. The average Bonchev–Trinajstić information content (AvgIpc) is 1.65. The van der Waals surface area contributed by atoms with E-state index in [9.17, 15) is 9.90 Å². The van der Waals surface area contributed by atoms with Gasteiger partial charge in [0.25, 0.3) is 0 Å². The molecule has 8 heavy (non-hydrogen) atoms. The molecule has 0 aliphatic heterocycles. The van der Waals surface area contributed by atoms with E-state index >= 15 is 0 Å². The summed E-state index contributed by atoms with van der Waals surface area (Å²) in [4.78, 5) is 9.75. The number of hydrogen-bond donors (Lipinski definition) is 1. The summed E-state index contributed by atoms with van der Waals surface area (Å²) in [5.74, 6) is 0. The molecule has 0 saturated carbocycles. The van der Waals surface area contributed by atoms with Gasteiger partial charge in [-0.3, -0.25) is 0 Å². The second-order valence-electron chi connectivity index (χ2n) is 1.74. The Labute approximate surface area is 48.7 Å². The minimum atomic E-state index is -1.20. The molecule has 0 fully saturated rings. The van der Waals surface area contributed by atoms with E-state index in [1.165, 1.54) is 0 Å². The zero-order chi connectivity index (χ0) is 6.57. The van der Waals surface area contributed by atoms with Gasteiger partial charge in [0.15, 0.2) is 0 Å². The van der Waals surface area contributed by atoms with Crippen LogP contribution in [-0.2, 0) is 0 Å². The van der Waals surface area contributed by atoms with Gasteiger partial charge in [-0.2, -0.15) is 0 Å². The SMILES string of the molecule is CCC(C)NC(=O)[O-]. The Morgan fingerprint density at radius 3 is 2.50 bits per heavy atom. The van der Waals surface area contributed by atoms with Crippen molar-refractivity contribution in [1.82, 2.24) is 5.32 Å². The molecule has 1 N–H and O–H groups in total. The van der Waals surface area contributed by atoms with Crippen molar-refractivity contribution in [2.75, 3.05) is 0 Å². The maximum absolute atomic E-state index is 9.75. The molecule has 48 valence electrons. The van der Waals surface area contributed by atoms with Crippen LogP contribution in [-0.4, -0.2) is 12.1 Å². The van der Waals surface area contributed by atoms with Crippen LogP contribution in [0, 0.1) is 0 Å². The Morgan fingerprint density at radius 2 is 2.38 bits per heavy atom. The molecule has 3 heteroatoms. The second-order valence-corrected chi connectivity index (χ2v) is 1.74. The first-order chi connectivity index (χ1) is 3.66. The van der Waals surface area contributed by atoms with Crippen molar-refractivity contribution in [1.29, 1.82) is 0 Å². The summed E-state index contributed by atoms with van der Waals surface area (Å²) < 4.78 is 0. The minimum Gasteiger partial charge on any atom is -0.530 e. The third kappa shape index (κ3) is 3.46. The molecular weight excluding hydrogens is 106 g/mol. The molecule has 0 spiro atoms. The first-order valence-corrected chi connectivity index (χ1v) is 2.64. The van der Waals surface area contributed by atoms with Crippen LogP contribution in [0.5, 0.6) is 0 Å². The van der Waals surface area contributed by atoms with Crippen molar-refractivity contribution >= 4 is 6.09 Å². The molecule has 0 aromatic heterocycles. The highest BCUT2D eigenvalue weighted by atomic mass is 16.4. The first-order valence-electron chi connectivity index (χ1n) is 2.64. The predicted molar refractivity (Wildman–Crippen MR) is 28.3 cm³/mol. The molecule has 1 atom stereocenters. The van der Waals surface area contributed by atoms with E-state index in [0.29, 0.717) is 0 Å². The maximum atomic E-state index is 9.75. The summed E-state index contributed by atoms with van der Waals surface area (Å²) in [5, 5.41) is 11.9. The Kier molecular flexibility index (Phi) is 2.99. The lowest BCUT2D eigenvalue weighted by molar-refractivity contribution is -0.251. The largest absolute Gasteiger partial charge is 0.530 e. The molecule has 0 aliphatic rings. The van der Waals surface area contributed by atoms with Crippen molar-refractivity contribution in [2.24, 2.45) is 0 Å². The highest BCUT2D eigenvalue weighted by Gasteiger charge is 1.92. The van der Waals surface area contributed by atoms with E-state index in [2.05, 4.69) is 5.32 Å². The van der Waals surface area contributed by atoms with Gasteiger partial charge in [-0.15, -0.1) is 0 Å². The number of nitrogens with one attached hydrogen (secondary N) is 1. The van der Waals surface area contributed by atoms with Gasteiger partial charge in [0, 0.05) is 6.04 Å². The van der Waals surface area contributed by atoms with E-state index < -0.39 is 6.09 Å². The molecule has 3 nitrogen and oxygen atoms in total. The van der Waals surface area contributed by atoms with Gasteiger partial charge in [-0.1, -0.05) is 6.92 Å². The molecule has 0 aliphatic carbocycles. The molecule has 0 radical (unpaired) electrons. The molecule has 0 heterocycles. The van der Waals surface area contributed by atoms with Crippen molar-refractivity contribution in [3.8, 4) is 0 Å². The normalized spacial score (nSPS) is 12.8. The van der Waals surface area contributed by atoms with Crippen LogP contribution < -0.4 is 10.4 Å². The summed E-state index contributed by atoms with van der Waals surface area (Å²) in [6.45, 7) is 3.69. The van der Waals surface area contributed by atoms with E-state index in [1.807, 2.05) is 6.92 Å². The molecule has 0 saturated heterocycles. The number of hydrogen-bond acceptors (Lipinski definition) is 2. The fourth-order valence-electron chi connectivity index (χ4n) is 0.303. The molecule has 0 aromatic carbocycles. The fraction of sp³-hybridized carbons (Fsp3) is 0.800. The first kappa shape index (κ1) is 7.27. The van der Waals surface area contributed by atoms with Crippen molar-refractivity contribution in [2.45, 2.75) is 26.3 Å². The lowest BCUT2D eigenvalue weighted by atomic mass is 10.3. The average molecular weight is 116 g/mol. The topological polar surface area (TPSA) is 52.2 Å². The quantitative estimate of drug-likeness (QED) is 0.539. The van der Waals surface area contributed by atoms with Crippen LogP contribution >= 0.6 is 0 Å². The van der Waals surface area contributed by atoms with Crippen molar-refractivity contribution in [3.63, 3.8) is 0 Å². The Morgan fingerprint density at radius 1 is 1.88 bits per heavy atom. The smallest absolute Gasteiger partial charge is 0.134 e.